The van der Waals surface area contributed by atoms with Gasteiger partial charge >= 0.3 is 0 Å². The molecule has 5 aliphatic rings. The van der Waals surface area contributed by atoms with Crippen molar-refractivity contribution in [3.8, 4) is 5.75 Å². The Kier molecular flexibility index (Phi) is 6.63. The molecule has 5 fully saturated rings. The van der Waals surface area contributed by atoms with Gasteiger partial charge in [0.2, 0.25) is 0 Å². The number of likely N-dealkylation sites (tertiary alicyclic amines) is 1. The van der Waals surface area contributed by atoms with Crippen LogP contribution in [0.4, 0.5) is 0 Å². The molecule has 0 spiro atoms. The van der Waals surface area contributed by atoms with E-state index in [9.17, 15) is 9.90 Å². The Morgan fingerprint density at radius 3 is 2.46 bits per heavy atom. The topological polar surface area (TPSA) is 59.0 Å². The van der Waals surface area contributed by atoms with Gasteiger partial charge in [-0.3, -0.25) is 4.79 Å². The number of benzene rings is 1. The zero-order chi connectivity index (χ0) is 25.8. The number of aliphatic hydroxyl groups excluding tert-OH is 1. The maximum Gasteiger partial charge on any atom is 0.252 e. The molecule has 204 valence electrons. The second kappa shape index (κ2) is 9.55. The van der Waals surface area contributed by atoms with Crippen molar-refractivity contribution in [1.29, 1.82) is 0 Å². The Hall–Kier alpha value is -1.59. The largest absolute Gasteiger partial charge is 0.487 e. The van der Waals surface area contributed by atoms with Crippen LogP contribution in [-0.4, -0.2) is 52.9 Å². The number of nitrogens with zero attached hydrogens (tertiary/aromatic N) is 1. The molecule has 0 unspecified atom stereocenters. The first-order valence-corrected chi connectivity index (χ1v) is 15.1. The van der Waals surface area contributed by atoms with E-state index < -0.39 is 6.10 Å². The average Bonchev–Trinajstić information content (AvgIpc) is 2.92. The van der Waals surface area contributed by atoms with Gasteiger partial charge in [-0.05, 0) is 113 Å². The second-order valence-electron chi connectivity index (χ2n) is 13.6. The molecule has 0 aromatic heterocycles. The van der Waals surface area contributed by atoms with Crippen LogP contribution in [0.5, 0.6) is 5.75 Å². The Morgan fingerprint density at radius 2 is 1.70 bits per heavy atom. The summed E-state index contributed by atoms with van der Waals surface area (Å²) in [5, 5.41) is 11.2. The highest BCUT2D eigenvalue weighted by Crippen LogP contribution is 2.68. The number of rotatable bonds is 3. The molecular formula is C32H47NO4. The molecule has 9 atom stereocenters. The third-order valence-corrected chi connectivity index (χ3v) is 12.1. The molecule has 2 aliphatic heterocycles. The maximum atomic E-state index is 13.7. The highest BCUT2D eigenvalue weighted by atomic mass is 16.5. The van der Waals surface area contributed by atoms with E-state index in [-0.39, 0.29) is 34.5 Å². The van der Waals surface area contributed by atoms with Gasteiger partial charge in [0.1, 0.15) is 18.0 Å². The third kappa shape index (κ3) is 3.97. The van der Waals surface area contributed by atoms with Gasteiger partial charge in [0.15, 0.2) is 0 Å². The molecule has 0 bridgehead atoms. The molecule has 1 aromatic rings. The molecule has 37 heavy (non-hydrogen) atoms. The number of hydrogen-bond donors (Lipinski definition) is 1. The molecule has 1 amide bonds. The van der Waals surface area contributed by atoms with Gasteiger partial charge in [-0.25, -0.2) is 0 Å². The monoisotopic (exact) mass is 509 g/mol. The molecule has 0 radical (unpaired) electrons. The van der Waals surface area contributed by atoms with Gasteiger partial charge in [0.05, 0.1) is 6.10 Å². The lowest BCUT2D eigenvalue weighted by molar-refractivity contribution is -0.222. The van der Waals surface area contributed by atoms with Gasteiger partial charge in [-0.2, -0.15) is 0 Å². The highest BCUT2D eigenvalue weighted by Gasteiger charge is 2.66. The summed E-state index contributed by atoms with van der Waals surface area (Å²) in [6, 6.07) is 10.1. The van der Waals surface area contributed by atoms with Crippen LogP contribution in [0.2, 0.25) is 0 Å². The van der Waals surface area contributed by atoms with Crippen molar-refractivity contribution in [2.24, 2.45) is 28.6 Å². The lowest BCUT2D eigenvalue weighted by Gasteiger charge is -2.68. The molecule has 5 heteroatoms. The summed E-state index contributed by atoms with van der Waals surface area (Å²) in [5.41, 5.74) is -0.0141. The second-order valence-corrected chi connectivity index (χ2v) is 13.6. The quantitative estimate of drug-likeness (QED) is 0.544. The smallest absolute Gasteiger partial charge is 0.252 e. The van der Waals surface area contributed by atoms with Crippen LogP contribution in [0.3, 0.4) is 0 Å². The highest BCUT2D eigenvalue weighted by molar-refractivity contribution is 5.82. The van der Waals surface area contributed by atoms with Gasteiger partial charge in [-0.15, -0.1) is 0 Å². The number of ether oxygens (including phenoxy) is 2. The number of hydrogen-bond acceptors (Lipinski definition) is 4. The minimum Gasteiger partial charge on any atom is -0.487 e. The van der Waals surface area contributed by atoms with E-state index in [4.69, 9.17) is 9.47 Å². The summed E-state index contributed by atoms with van der Waals surface area (Å²) in [6.45, 7) is 8.93. The summed E-state index contributed by atoms with van der Waals surface area (Å²) in [7, 11) is 0. The summed E-state index contributed by atoms with van der Waals surface area (Å²) in [6.07, 6.45) is 10.9. The van der Waals surface area contributed by atoms with Crippen molar-refractivity contribution in [3.63, 3.8) is 0 Å². The number of piperidine rings is 1. The minimum atomic E-state index is -0.429. The maximum absolute atomic E-state index is 13.7. The lowest BCUT2D eigenvalue weighted by Crippen LogP contribution is -2.69. The first-order chi connectivity index (χ1) is 17.8. The average molecular weight is 510 g/mol. The van der Waals surface area contributed by atoms with Crippen LogP contribution in [0.1, 0.15) is 91.4 Å². The Labute approximate surface area is 223 Å². The number of para-hydroxylation sites is 1. The first kappa shape index (κ1) is 25.7. The molecule has 1 N–H and O–H groups in total. The number of aliphatic hydroxyl groups is 1. The van der Waals surface area contributed by atoms with Crippen LogP contribution in [0.25, 0.3) is 0 Å². The number of amides is 1. The van der Waals surface area contributed by atoms with E-state index >= 15 is 0 Å². The van der Waals surface area contributed by atoms with Crippen LogP contribution < -0.4 is 4.74 Å². The first-order valence-electron chi connectivity index (χ1n) is 15.1. The molecule has 5 nitrogen and oxygen atoms in total. The summed E-state index contributed by atoms with van der Waals surface area (Å²) in [5.74, 6) is 2.91. The van der Waals surface area contributed by atoms with E-state index in [1.165, 1.54) is 12.8 Å². The van der Waals surface area contributed by atoms with Crippen LogP contribution in [0.15, 0.2) is 30.3 Å². The van der Waals surface area contributed by atoms with Gasteiger partial charge in [0.25, 0.3) is 5.91 Å². The van der Waals surface area contributed by atoms with Crippen LogP contribution in [0, 0.1) is 28.6 Å². The summed E-state index contributed by atoms with van der Waals surface area (Å²) < 4.78 is 12.6. The number of carbonyl (C=O) groups is 1. The number of fused-ring (bicyclic) bond motifs is 5. The Bertz CT molecular complexity index is 978. The molecule has 1 aromatic carbocycles. The van der Waals surface area contributed by atoms with Crippen molar-refractivity contribution in [2.75, 3.05) is 13.2 Å². The molecule has 3 aliphatic carbocycles. The third-order valence-electron chi connectivity index (χ3n) is 12.1. The molecular weight excluding hydrogens is 462 g/mol. The van der Waals surface area contributed by atoms with Gasteiger partial charge in [0, 0.05) is 24.1 Å². The van der Waals surface area contributed by atoms with E-state index in [0.717, 1.165) is 76.7 Å². The van der Waals surface area contributed by atoms with E-state index in [1.807, 2.05) is 30.3 Å². The van der Waals surface area contributed by atoms with Crippen LogP contribution >= 0.6 is 0 Å². The van der Waals surface area contributed by atoms with Crippen molar-refractivity contribution >= 4 is 5.91 Å². The fourth-order valence-corrected chi connectivity index (χ4v) is 9.83. The van der Waals surface area contributed by atoms with Crippen molar-refractivity contribution in [1.82, 2.24) is 4.90 Å². The lowest BCUT2D eigenvalue weighted by atomic mass is 9.40. The van der Waals surface area contributed by atoms with Crippen molar-refractivity contribution in [3.05, 3.63) is 30.3 Å². The standard InChI is InChI=1S/C32H47NO4/c1-30-18-16-26(34)28(37-22-10-5-4-6-11-22)31(30,2)17-14-23-24(30)15-19-32(3)25(23)12-9-20-33(32)29(35)27-13-7-8-21-36-27/h4-6,10-11,23-28,34H,7-9,12-21H2,1-3H3/t23-,24+,25+,26+,27-,28-,30-,31+,32+/m1/s1. The van der Waals surface area contributed by atoms with Crippen molar-refractivity contribution in [2.45, 2.75) is 115 Å². The number of carbonyl (C=O) groups excluding carboxylic acids is 1. The fourth-order valence-electron chi connectivity index (χ4n) is 9.83. The zero-order valence-electron chi connectivity index (χ0n) is 23.2. The van der Waals surface area contributed by atoms with Crippen LogP contribution in [-0.2, 0) is 9.53 Å². The van der Waals surface area contributed by atoms with E-state index in [2.05, 4.69) is 25.7 Å². The Balaban J connectivity index is 1.27. The van der Waals surface area contributed by atoms with Crippen molar-refractivity contribution < 1.29 is 19.4 Å². The predicted octanol–water partition coefficient (Wildman–Crippen LogP) is 5.99. The Morgan fingerprint density at radius 1 is 0.919 bits per heavy atom. The van der Waals surface area contributed by atoms with Gasteiger partial charge in [-0.1, -0.05) is 32.0 Å². The van der Waals surface area contributed by atoms with E-state index in [0.29, 0.717) is 17.8 Å². The zero-order valence-corrected chi connectivity index (χ0v) is 23.2. The minimum absolute atomic E-state index is 0.0600. The molecule has 6 rings (SSSR count). The summed E-state index contributed by atoms with van der Waals surface area (Å²) in [4.78, 5) is 16.0. The van der Waals surface area contributed by atoms with Gasteiger partial charge < -0.3 is 19.5 Å². The normalized spacial score (nSPS) is 45.8. The van der Waals surface area contributed by atoms with E-state index in [1.54, 1.807) is 0 Å². The molecule has 2 saturated heterocycles. The molecule has 3 saturated carbocycles. The molecule has 2 heterocycles. The summed E-state index contributed by atoms with van der Waals surface area (Å²) >= 11 is 0. The fraction of sp³-hybridized carbons (Fsp3) is 0.781. The SMILES string of the molecule is C[C@]12CC[C@H]3[C@@H](CC[C@@]4(C)[C@H](Oc5ccccc5)[C@@H](O)CC[C@]34C)[C@@H]1CCCN2C(=O)[C@H]1CCCCO1. The predicted molar refractivity (Wildman–Crippen MR) is 144 cm³/mol.